The number of carboxylic acids is 1. The summed E-state index contributed by atoms with van der Waals surface area (Å²) in [5, 5.41) is 15.8. The van der Waals surface area contributed by atoms with E-state index in [0.29, 0.717) is 19.4 Å². The molecular formula is C40H53ClN2O6. The first kappa shape index (κ1) is 39.6. The highest BCUT2D eigenvalue weighted by atomic mass is 35.5. The van der Waals surface area contributed by atoms with E-state index in [2.05, 4.69) is 66.1 Å². The predicted molar refractivity (Wildman–Crippen MR) is 196 cm³/mol. The summed E-state index contributed by atoms with van der Waals surface area (Å²) in [6, 6.07) is 26.9. The smallest absolute Gasteiger partial charge is 0.407 e. The predicted octanol–water partition coefficient (Wildman–Crippen LogP) is 8.69. The Morgan fingerprint density at radius 3 is 1.88 bits per heavy atom. The fourth-order valence-electron chi connectivity index (χ4n) is 7.41. The van der Waals surface area contributed by atoms with Crippen LogP contribution in [-0.2, 0) is 19.1 Å². The Bertz CT molecular complexity index is 1460. The number of esters is 1. The number of alkyl carbamates (subject to hydrolysis) is 1. The van der Waals surface area contributed by atoms with Gasteiger partial charge in [-0.15, -0.1) is 12.4 Å². The molecule has 0 heterocycles. The van der Waals surface area contributed by atoms with Gasteiger partial charge in [-0.1, -0.05) is 112 Å². The fraction of sp³-hybridized carbons (Fsp3) is 0.475. The lowest BCUT2D eigenvalue weighted by atomic mass is 9.84. The molecule has 0 aliphatic heterocycles. The summed E-state index contributed by atoms with van der Waals surface area (Å²) in [6.07, 6.45) is 6.88. The zero-order valence-electron chi connectivity index (χ0n) is 27.9. The van der Waals surface area contributed by atoms with Gasteiger partial charge in [0.15, 0.2) is 0 Å². The number of carboxylic acid groups (broad SMARTS) is 1. The van der Waals surface area contributed by atoms with Crippen molar-refractivity contribution in [3.63, 3.8) is 0 Å². The summed E-state index contributed by atoms with van der Waals surface area (Å²) in [7, 11) is 0. The summed E-state index contributed by atoms with van der Waals surface area (Å²) in [6.45, 7) is 4.74. The van der Waals surface area contributed by atoms with Crippen LogP contribution in [0, 0.1) is 11.8 Å². The molecule has 3 aromatic carbocycles. The van der Waals surface area contributed by atoms with Gasteiger partial charge in [0.2, 0.25) is 0 Å². The van der Waals surface area contributed by atoms with Gasteiger partial charge in [-0.05, 0) is 67.3 Å². The SMILES string of the molecule is C.CCOC(=O)[C@@H]1CCCCC1N[C@H](C)c1ccccc1.Cl.O=C(N[C@@H]1CCCC[C@H]1C(=O)O)OCC1c2ccccc2-c2ccccc21. The van der Waals surface area contributed by atoms with E-state index in [0.717, 1.165) is 43.2 Å². The van der Waals surface area contributed by atoms with E-state index >= 15 is 0 Å². The fourth-order valence-corrected chi connectivity index (χ4v) is 7.41. The van der Waals surface area contributed by atoms with Crippen LogP contribution in [0.15, 0.2) is 78.9 Å². The summed E-state index contributed by atoms with van der Waals surface area (Å²) in [5.41, 5.74) is 5.95. The molecule has 3 N–H and O–H groups in total. The van der Waals surface area contributed by atoms with Crippen LogP contribution in [0.25, 0.3) is 11.1 Å². The molecule has 266 valence electrons. The van der Waals surface area contributed by atoms with Gasteiger partial charge in [-0.3, -0.25) is 9.59 Å². The quantitative estimate of drug-likeness (QED) is 0.192. The number of benzene rings is 3. The standard InChI is InChI=1S/C22H23NO4.C17H25NO2.CH4.ClH/c24-21(25)18-11-5-6-12-20(18)23-22(26)27-13-19-16-9-3-1-7-14(16)15-8-2-4-10-17(15)19;1-3-20-17(19)15-11-7-8-12-16(15)18-13(2)14-9-5-4-6-10-14;;/h1-4,7-10,18-20H,5-6,11-13H2,(H,23,26)(H,24,25);4-6,9-10,13,15-16,18H,3,7-8,11-12H2,1-2H3;1H4;1H/t18-,20-;13-,15-,16?;;/m11../s1. The first-order chi connectivity index (χ1) is 22.9. The van der Waals surface area contributed by atoms with E-state index in [1.807, 2.05) is 37.3 Å². The lowest BCUT2D eigenvalue weighted by Gasteiger charge is -2.33. The minimum Gasteiger partial charge on any atom is -0.481 e. The molecule has 49 heavy (non-hydrogen) atoms. The highest BCUT2D eigenvalue weighted by molar-refractivity contribution is 5.85. The molecule has 0 radical (unpaired) electrons. The number of hydrogen-bond donors (Lipinski definition) is 3. The number of nitrogens with one attached hydrogen (secondary N) is 2. The minimum atomic E-state index is -0.848. The Balaban J connectivity index is 0.000000266. The second-order valence-corrected chi connectivity index (χ2v) is 12.9. The van der Waals surface area contributed by atoms with Crippen LogP contribution >= 0.6 is 12.4 Å². The number of carbonyl (C=O) groups is 3. The molecule has 5 atom stereocenters. The molecular weight excluding hydrogens is 640 g/mol. The van der Waals surface area contributed by atoms with Gasteiger partial charge in [0.1, 0.15) is 6.61 Å². The van der Waals surface area contributed by atoms with Crippen molar-refractivity contribution < 1.29 is 29.0 Å². The summed E-state index contributed by atoms with van der Waals surface area (Å²) in [4.78, 5) is 35.8. The van der Waals surface area contributed by atoms with Crippen molar-refractivity contribution in [1.82, 2.24) is 10.6 Å². The van der Waals surface area contributed by atoms with E-state index in [1.165, 1.54) is 23.1 Å². The van der Waals surface area contributed by atoms with Crippen LogP contribution < -0.4 is 10.6 Å². The Hall–Kier alpha value is -3.88. The van der Waals surface area contributed by atoms with Gasteiger partial charge in [-0.25, -0.2) is 4.79 Å². The van der Waals surface area contributed by atoms with Gasteiger partial charge in [0.05, 0.1) is 18.4 Å². The maximum atomic E-state index is 12.3. The molecule has 0 spiro atoms. The van der Waals surface area contributed by atoms with Crippen molar-refractivity contribution in [3.05, 3.63) is 95.6 Å². The van der Waals surface area contributed by atoms with Crippen LogP contribution in [0.1, 0.15) is 101 Å². The minimum absolute atomic E-state index is 0. The van der Waals surface area contributed by atoms with E-state index in [-0.39, 0.29) is 62.4 Å². The van der Waals surface area contributed by atoms with Gasteiger partial charge < -0.3 is 25.2 Å². The van der Waals surface area contributed by atoms with Gasteiger partial charge in [0.25, 0.3) is 0 Å². The number of halogens is 1. The summed E-state index contributed by atoms with van der Waals surface area (Å²) in [5.74, 6) is -1.40. The Morgan fingerprint density at radius 2 is 1.29 bits per heavy atom. The van der Waals surface area contributed by atoms with E-state index in [9.17, 15) is 19.5 Å². The molecule has 3 aromatic rings. The molecule has 2 fully saturated rings. The molecule has 3 aliphatic carbocycles. The number of ether oxygens (including phenoxy) is 2. The first-order valence-corrected chi connectivity index (χ1v) is 17.2. The zero-order valence-corrected chi connectivity index (χ0v) is 28.8. The number of fused-ring (bicyclic) bond motifs is 3. The maximum Gasteiger partial charge on any atom is 0.407 e. The third-order valence-corrected chi connectivity index (χ3v) is 9.85. The molecule has 6 rings (SSSR count). The Kier molecular flexibility index (Phi) is 15.6. The average molecular weight is 693 g/mol. The van der Waals surface area contributed by atoms with Crippen LogP contribution in [0.4, 0.5) is 4.79 Å². The molecule has 1 unspecified atom stereocenters. The van der Waals surface area contributed by atoms with Crippen molar-refractivity contribution in [2.24, 2.45) is 11.8 Å². The molecule has 9 heteroatoms. The monoisotopic (exact) mass is 692 g/mol. The molecule has 3 aliphatic rings. The van der Waals surface area contributed by atoms with Gasteiger partial charge in [-0.2, -0.15) is 0 Å². The van der Waals surface area contributed by atoms with E-state index < -0.39 is 18.0 Å². The normalized spacial score (nSPS) is 21.5. The highest BCUT2D eigenvalue weighted by Crippen LogP contribution is 2.44. The molecule has 8 nitrogen and oxygen atoms in total. The molecule has 0 bridgehead atoms. The molecule has 0 saturated heterocycles. The lowest BCUT2D eigenvalue weighted by molar-refractivity contribution is -0.150. The summed E-state index contributed by atoms with van der Waals surface area (Å²) >= 11 is 0. The van der Waals surface area contributed by atoms with Crippen LogP contribution in [0.5, 0.6) is 0 Å². The lowest BCUT2D eigenvalue weighted by Crippen LogP contribution is -2.45. The Morgan fingerprint density at radius 1 is 0.755 bits per heavy atom. The number of amides is 1. The third kappa shape index (κ3) is 10.1. The number of rotatable bonds is 9. The van der Waals surface area contributed by atoms with E-state index in [4.69, 9.17) is 9.47 Å². The van der Waals surface area contributed by atoms with Crippen molar-refractivity contribution >= 4 is 30.4 Å². The third-order valence-electron chi connectivity index (χ3n) is 9.85. The Labute approximate surface area is 297 Å². The maximum absolute atomic E-state index is 12.3. The van der Waals surface area contributed by atoms with Crippen LogP contribution in [0.2, 0.25) is 0 Å². The number of carbonyl (C=O) groups excluding carboxylic acids is 2. The van der Waals surface area contributed by atoms with Crippen molar-refractivity contribution in [2.45, 2.75) is 96.7 Å². The van der Waals surface area contributed by atoms with Crippen LogP contribution in [-0.4, -0.2) is 48.4 Å². The van der Waals surface area contributed by atoms with E-state index in [1.54, 1.807) is 0 Å². The van der Waals surface area contributed by atoms with Gasteiger partial charge >= 0.3 is 18.0 Å². The van der Waals surface area contributed by atoms with Gasteiger partial charge in [0, 0.05) is 24.0 Å². The second kappa shape index (κ2) is 19.3. The number of hydrogen-bond acceptors (Lipinski definition) is 6. The van der Waals surface area contributed by atoms with Crippen molar-refractivity contribution in [2.75, 3.05) is 13.2 Å². The topological polar surface area (TPSA) is 114 Å². The molecule has 2 saturated carbocycles. The zero-order chi connectivity index (χ0) is 33.2. The van der Waals surface area contributed by atoms with Crippen molar-refractivity contribution in [3.8, 4) is 11.1 Å². The second-order valence-electron chi connectivity index (χ2n) is 12.9. The molecule has 0 aromatic heterocycles. The van der Waals surface area contributed by atoms with Crippen molar-refractivity contribution in [1.29, 1.82) is 0 Å². The highest BCUT2D eigenvalue weighted by Gasteiger charge is 2.34. The molecule has 1 amide bonds. The number of aliphatic carboxylic acids is 1. The summed E-state index contributed by atoms with van der Waals surface area (Å²) < 4.78 is 10.7. The first-order valence-electron chi connectivity index (χ1n) is 17.2. The average Bonchev–Trinajstić information content (AvgIpc) is 3.42. The van der Waals surface area contributed by atoms with Crippen LogP contribution in [0.3, 0.4) is 0 Å². The largest absolute Gasteiger partial charge is 0.481 e.